The van der Waals surface area contributed by atoms with Crippen LogP contribution >= 0.6 is 0 Å². The van der Waals surface area contributed by atoms with Gasteiger partial charge < -0.3 is 14.9 Å². The third kappa shape index (κ3) is 3.73. The van der Waals surface area contributed by atoms with Gasteiger partial charge in [0.15, 0.2) is 0 Å². The van der Waals surface area contributed by atoms with E-state index >= 15 is 0 Å². The van der Waals surface area contributed by atoms with Gasteiger partial charge in [0.2, 0.25) is 11.8 Å². The van der Waals surface area contributed by atoms with Crippen LogP contribution in [-0.2, 0) is 16.6 Å². The number of rotatable bonds is 4. The summed E-state index contributed by atoms with van der Waals surface area (Å²) >= 11 is 0. The number of hydrogen-bond acceptors (Lipinski definition) is 4. The Kier molecular flexibility index (Phi) is 4.97. The molecule has 22 heavy (non-hydrogen) atoms. The molecule has 1 aliphatic heterocycles. The molecule has 2 amide bonds. The molecular formula is C15H22N4O3. The maximum Gasteiger partial charge on any atom is 0.246 e. The fourth-order valence-corrected chi connectivity index (χ4v) is 2.45. The van der Waals surface area contributed by atoms with Crippen molar-refractivity contribution in [3.05, 3.63) is 24.0 Å². The third-order valence-corrected chi connectivity index (χ3v) is 3.91. The molecule has 1 aliphatic rings. The average Bonchev–Trinajstić information content (AvgIpc) is 3.03. The van der Waals surface area contributed by atoms with Gasteiger partial charge in [0.1, 0.15) is 0 Å². The average molecular weight is 306 g/mol. The lowest BCUT2D eigenvalue weighted by atomic mass is 10.0. The van der Waals surface area contributed by atoms with Gasteiger partial charge in [-0.2, -0.15) is 5.10 Å². The molecule has 120 valence electrons. The molecule has 0 aromatic carbocycles. The first-order valence-electron chi connectivity index (χ1n) is 7.21. The van der Waals surface area contributed by atoms with Crippen LogP contribution in [0.4, 0.5) is 0 Å². The topological polar surface area (TPSA) is 78.7 Å². The molecule has 1 N–H and O–H groups in total. The fourth-order valence-electron chi connectivity index (χ4n) is 2.45. The summed E-state index contributed by atoms with van der Waals surface area (Å²) < 4.78 is 1.67. The molecule has 2 atom stereocenters. The lowest BCUT2D eigenvalue weighted by Gasteiger charge is -2.16. The molecule has 1 aromatic rings. The van der Waals surface area contributed by atoms with Gasteiger partial charge in [0.25, 0.3) is 0 Å². The van der Waals surface area contributed by atoms with E-state index in [9.17, 15) is 14.7 Å². The van der Waals surface area contributed by atoms with Crippen molar-refractivity contribution in [2.45, 2.75) is 12.5 Å². The smallest absolute Gasteiger partial charge is 0.246 e. The SMILES string of the molecule is CN(C)C(=O)C[C@H]1CN(C(=O)/C=C/c2ccnn2C)C[C@@H]1O. The van der Waals surface area contributed by atoms with E-state index in [0.29, 0.717) is 6.54 Å². The molecule has 0 spiro atoms. The van der Waals surface area contributed by atoms with Crippen molar-refractivity contribution in [2.75, 3.05) is 27.2 Å². The van der Waals surface area contributed by atoms with Crippen LogP contribution in [0, 0.1) is 5.92 Å². The molecule has 7 nitrogen and oxygen atoms in total. The van der Waals surface area contributed by atoms with E-state index in [1.165, 1.54) is 11.0 Å². The van der Waals surface area contributed by atoms with Crippen molar-refractivity contribution in [2.24, 2.45) is 13.0 Å². The van der Waals surface area contributed by atoms with Gasteiger partial charge >= 0.3 is 0 Å². The van der Waals surface area contributed by atoms with E-state index in [1.807, 2.05) is 0 Å². The normalized spacial score (nSPS) is 21.5. The van der Waals surface area contributed by atoms with Crippen molar-refractivity contribution in [3.8, 4) is 0 Å². The highest BCUT2D eigenvalue weighted by Crippen LogP contribution is 2.21. The van der Waals surface area contributed by atoms with E-state index in [2.05, 4.69) is 5.10 Å². The van der Waals surface area contributed by atoms with E-state index in [1.54, 1.807) is 49.1 Å². The number of carbonyl (C=O) groups excluding carboxylic acids is 2. The molecule has 0 bridgehead atoms. The predicted octanol–water partition coefficient (Wildman–Crippen LogP) is -0.269. The summed E-state index contributed by atoms with van der Waals surface area (Å²) in [6, 6.07) is 1.81. The van der Waals surface area contributed by atoms with E-state index < -0.39 is 6.10 Å². The molecule has 0 radical (unpaired) electrons. The standard InChI is InChI=1S/C15H22N4O3/c1-17(2)15(22)8-11-9-19(10-13(11)20)14(21)5-4-12-6-7-16-18(12)3/h4-7,11,13,20H,8-10H2,1-3H3/b5-4+/t11-,13-/m0/s1. The second-order valence-electron chi connectivity index (χ2n) is 5.78. The van der Waals surface area contributed by atoms with Crippen LogP contribution in [0.3, 0.4) is 0 Å². The first-order valence-corrected chi connectivity index (χ1v) is 7.21. The van der Waals surface area contributed by atoms with E-state index in [-0.39, 0.29) is 30.7 Å². The summed E-state index contributed by atoms with van der Waals surface area (Å²) in [7, 11) is 5.17. The molecule has 1 saturated heterocycles. The lowest BCUT2D eigenvalue weighted by Crippen LogP contribution is -2.29. The Hall–Kier alpha value is -2.15. The van der Waals surface area contributed by atoms with Gasteiger partial charge in [-0.15, -0.1) is 0 Å². The minimum Gasteiger partial charge on any atom is -0.391 e. The van der Waals surface area contributed by atoms with Gasteiger partial charge in [0, 0.05) is 58.8 Å². The quantitative estimate of drug-likeness (QED) is 0.777. The summed E-state index contributed by atoms with van der Waals surface area (Å²) in [4.78, 5) is 27.0. The summed E-state index contributed by atoms with van der Waals surface area (Å²) in [5, 5.41) is 14.1. The predicted molar refractivity (Wildman–Crippen MR) is 81.6 cm³/mol. The number of aliphatic hydroxyl groups is 1. The molecule has 0 aliphatic carbocycles. The Bertz CT molecular complexity index is 579. The lowest BCUT2D eigenvalue weighted by molar-refractivity contribution is -0.130. The summed E-state index contributed by atoms with van der Waals surface area (Å²) in [6.07, 6.45) is 4.42. The van der Waals surface area contributed by atoms with Crippen LogP contribution in [0.5, 0.6) is 0 Å². The zero-order chi connectivity index (χ0) is 16.3. The molecule has 0 unspecified atom stereocenters. The number of likely N-dealkylation sites (tertiary alicyclic amines) is 1. The first-order chi connectivity index (χ1) is 10.4. The Morgan fingerprint density at radius 2 is 2.18 bits per heavy atom. The summed E-state index contributed by atoms with van der Waals surface area (Å²) in [6.45, 7) is 0.662. The van der Waals surface area contributed by atoms with Crippen molar-refractivity contribution in [1.29, 1.82) is 0 Å². The van der Waals surface area contributed by atoms with Crippen LogP contribution < -0.4 is 0 Å². The molecule has 0 saturated carbocycles. The molecule has 2 heterocycles. The van der Waals surface area contributed by atoms with Gasteiger partial charge in [-0.3, -0.25) is 14.3 Å². The highest BCUT2D eigenvalue weighted by molar-refractivity contribution is 5.91. The van der Waals surface area contributed by atoms with Gasteiger partial charge in [-0.1, -0.05) is 0 Å². The Morgan fingerprint density at radius 3 is 2.77 bits per heavy atom. The molecule has 7 heteroatoms. The number of β-amino-alcohol motifs (C(OH)–C–C–N with tert-alkyl or cyclic N) is 1. The van der Waals surface area contributed by atoms with Crippen LogP contribution in [0.2, 0.25) is 0 Å². The van der Waals surface area contributed by atoms with Crippen molar-refractivity contribution >= 4 is 17.9 Å². The number of aliphatic hydroxyl groups excluding tert-OH is 1. The number of nitrogens with zero attached hydrogens (tertiary/aromatic N) is 4. The summed E-state index contributed by atoms with van der Waals surface area (Å²) in [5.74, 6) is -0.409. The zero-order valence-electron chi connectivity index (χ0n) is 13.1. The van der Waals surface area contributed by atoms with Crippen LogP contribution in [-0.4, -0.2) is 69.8 Å². The van der Waals surface area contributed by atoms with E-state index in [0.717, 1.165) is 5.69 Å². The largest absolute Gasteiger partial charge is 0.391 e. The van der Waals surface area contributed by atoms with Crippen molar-refractivity contribution < 1.29 is 14.7 Å². The molecule has 1 aromatic heterocycles. The van der Waals surface area contributed by atoms with Gasteiger partial charge in [-0.05, 0) is 12.1 Å². The minimum absolute atomic E-state index is 0.0382. The van der Waals surface area contributed by atoms with Crippen molar-refractivity contribution in [3.63, 3.8) is 0 Å². The Morgan fingerprint density at radius 1 is 1.45 bits per heavy atom. The molecular weight excluding hydrogens is 284 g/mol. The van der Waals surface area contributed by atoms with Crippen LogP contribution in [0.15, 0.2) is 18.3 Å². The zero-order valence-corrected chi connectivity index (χ0v) is 13.1. The Labute approximate surface area is 129 Å². The highest BCUT2D eigenvalue weighted by Gasteiger charge is 2.34. The number of aryl methyl sites for hydroxylation is 1. The molecule has 2 rings (SSSR count). The first kappa shape index (κ1) is 16.2. The number of hydrogen-bond donors (Lipinski definition) is 1. The van der Waals surface area contributed by atoms with Gasteiger partial charge in [-0.25, -0.2) is 0 Å². The monoisotopic (exact) mass is 306 g/mol. The molecule has 1 fully saturated rings. The number of carbonyl (C=O) groups is 2. The van der Waals surface area contributed by atoms with Crippen molar-refractivity contribution in [1.82, 2.24) is 19.6 Å². The maximum absolute atomic E-state index is 12.2. The van der Waals surface area contributed by atoms with Gasteiger partial charge in [0.05, 0.1) is 11.8 Å². The second kappa shape index (κ2) is 6.74. The van der Waals surface area contributed by atoms with E-state index in [4.69, 9.17) is 0 Å². The Balaban J connectivity index is 1.94. The summed E-state index contributed by atoms with van der Waals surface area (Å²) in [5.41, 5.74) is 0.826. The minimum atomic E-state index is -0.655. The maximum atomic E-state index is 12.2. The number of aromatic nitrogens is 2. The van der Waals surface area contributed by atoms with Crippen LogP contribution in [0.1, 0.15) is 12.1 Å². The second-order valence-corrected chi connectivity index (χ2v) is 5.78. The number of amides is 2. The van der Waals surface area contributed by atoms with Crippen LogP contribution in [0.25, 0.3) is 6.08 Å². The highest BCUT2D eigenvalue weighted by atomic mass is 16.3. The fraction of sp³-hybridized carbons (Fsp3) is 0.533. The third-order valence-electron chi connectivity index (χ3n) is 3.91.